The van der Waals surface area contributed by atoms with E-state index < -0.39 is 42.6 Å². The van der Waals surface area contributed by atoms with Crippen LogP contribution in [0.25, 0.3) is 0 Å². The molecule has 9 nitrogen and oxygen atoms in total. The van der Waals surface area contributed by atoms with E-state index >= 15 is 0 Å². The lowest BCUT2D eigenvalue weighted by molar-refractivity contribution is -0.165. The van der Waals surface area contributed by atoms with E-state index in [2.05, 4.69) is 6.92 Å². The zero-order valence-electron chi connectivity index (χ0n) is 32.1. The van der Waals surface area contributed by atoms with Crippen LogP contribution in [-0.2, 0) is 19.1 Å². The Balaban J connectivity index is 5.19. The second-order valence-electron chi connectivity index (χ2n) is 15.2. The zero-order chi connectivity index (χ0) is 37.2. The number of rotatable bonds is 39. The fourth-order valence-electron chi connectivity index (χ4n) is 6.89. The molecule has 9 heteroatoms. The van der Waals surface area contributed by atoms with Gasteiger partial charge in [0.05, 0.1) is 30.7 Å². The molecule has 0 amide bonds. The molecule has 1 atom stereocenters. The minimum absolute atomic E-state index is 0.178. The first kappa shape index (κ1) is 48.3. The molecule has 0 saturated heterocycles. The van der Waals surface area contributed by atoms with Crippen LogP contribution in [0.15, 0.2) is 0 Å². The van der Waals surface area contributed by atoms with Gasteiger partial charge < -0.3 is 30.3 Å². The van der Waals surface area contributed by atoms with Crippen molar-refractivity contribution in [2.24, 2.45) is 10.8 Å². The highest BCUT2D eigenvalue weighted by molar-refractivity contribution is 5.76. The number of ether oxygens (including phenoxy) is 1. The lowest BCUT2D eigenvalue weighted by Crippen LogP contribution is -2.42. The fraction of sp³-hybridized carbons (Fsp3) is 0.927. The maximum atomic E-state index is 14.0. The molecular formula is C41H78O9. The maximum Gasteiger partial charge on any atom is 0.312 e. The van der Waals surface area contributed by atoms with Crippen molar-refractivity contribution in [1.29, 1.82) is 0 Å². The number of carboxylic acid groups (broad SMARTS) is 2. The standard InChI is InChI=1S/C41H78O9/c1-2-3-4-5-6-7-8-9-10-11-12-15-20-25-30-41(32-27-22-17-19-24-29-38(47)48,39(49)50-36-40(33-42,34-43)35-44)31-26-21-16-13-14-18-23-28-37(45)46/h42-44H,2-36H2,1H3,(H,45,46)(H,47,48). The van der Waals surface area contributed by atoms with Crippen LogP contribution in [0.1, 0.15) is 206 Å². The SMILES string of the molecule is CCCCCCCCCCCCCCCCC(CCCCCCCCCC(=O)O)(CCCCCCCC(=O)O)C(=O)OCC(CO)(CO)CO. The van der Waals surface area contributed by atoms with Gasteiger partial charge in [0.15, 0.2) is 0 Å². The van der Waals surface area contributed by atoms with Gasteiger partial charge in [0.25, 0.3) is 0 Å². The van der Waals surface area contributed by atoms with Crippen LogP contribution >= 0.6 is 0 Å². The number of aliphatic hydroxyl groups excluding tert-OH is 3. The third-order valence-corrected chi connectivity index (χ3v) is 10.5. The van der Waals surface area contributed by atoms with E-state index in [0.717, 1.165) is 89.9 Å². The molecular weight excluding hydrogens is 636 g/mol. The summed E-state index contributed by atoms with van der Waals surface area (Å²) in [5, 5.41) is 47.3. The van der Waals surface area contributed by atoms with E-state index in [1.807, 2.05) is 0 Å². The molecule has 5 N–H and O–H groups in total. The summed E-state index contributed by atoms with van der Waals surface area (Å²) in [7, 11) is 0. The lowest BCUT2D eigenvalue weighted by atomic mass is 9.73. The molecule has 0 fully saturated rings. The molecule has 0 bridgehead atoms. The number of aliphatic carboxylic acids is 2. The average Bonchev–Trinajstić information content (AvgIpc) is 3.10. The summed E-state index contributed by atoms with van der Waals surface area (Å²) in [6.07, 6.45) is 30.9. The number of aliphatic hydroxyl groups is 3. The Kier molecular flexibility index (Phi) is 32.0. The molecule has 0 saturated carbocycles. The van der Waals surface area contributed by atoms with E-state index in [1.54, 1.807) is 0 Å². The summed E-state index contributed by atoms with van der Waals surface area (Å²) in [4.78, 5) is 35.6. The Morgan fingerprint density at radius 2 is 0.720 bits per heavy atom. The minimum atomic E-state index is -1.28. The number of esters is 1. The molecule has 50 heavy (non-hydrogen) atoms. The molecule has 0 aromatic rings. The number of carbonyl (C=O) groups excluding carboxylic acids is 1. The minimum Gasteiger partial charge on any atom is -0.481 e. The van der Waals surface area contributed by atoms with Crippen LogP contribution in [0.5, 0.6) is 0 Å². The first-order chi connectivity index (χ1) is 24.2. The Hall–Kier alpha value is -1.71. The van der Waals surface area contributed by atoms with E-state index in [1.165, 1.54) is 70.6 Å². The molecule has 0 aromatic carbocycles. The van der Waals surface area contributed by atoms with Crippen molar-refractivity contribution in [3.63, 3.8) is 0 Å². The molecule has 0 aliphatic rings. The molecule has 1 unspecified atom stereocenters. The summed E-state index contributed by atoms with van der Waals surface area (Å²) >= 11 is 0. The lowest BCUT2D eigenvalue weighted by Gasteiger charge is -2.34. The zero-order valence-corrected chi connectivity index (χ0v) is 32.1. The summed E-state index contributed by atoms with van der Waals surface area (Å²) in [5.41, 5.74) is -1.95. The van der Waals surface area contributed by atoms with Gasteiger partial charge in [-0.3, -0.25) is 14.4 Å². The first-order valence-electron chi connectivity index (χ1n) is 20.6. The van der Waals surface area contributed by atoms with Crippen molar-refractivity contribution in [1.82, 2.24) is 0 Å². The second kappa shape index (κ2) is 33.1. The van der Waals surface area contributed by atoms with Gasteiger partial charge in [-0.1, -0.05) is 161 Å². The van der Waals surface area contributed by atoms with Gasteiger partial charge in [-0.15, -0.1) is 0 Å². The van der Waals surface area contributed by atoms with Crippen LogP contribution in [0.3, 0.4) is 0 Å². The van der Waals surface area contributed by atoms with Crippen molar-refractivity contribution in [3.05, 3.63) is 0 Å². The van der Waals surface area contributed by atoms with Crippen LogP contribution in [-0.4, -0.2) is 69.9 Å². The normalized spacial score (nSPS) is 13.0. The van der Waals surface area contributed by atoms with E-state index in [9.17, 15) is 29.7 Å². The molecule has 0 heterocycles. The third kappa shape index (κ3) is 26.1. The Morgan fingerprint density at radius 3 is 1.00 bits per heavy atom. The van der Waals surface area contributed by atoms with Crippen molar-refractivity contribution in [3.8, 4) is 0 Å². The molecule has 0 radical (unpaired) electrons. The van der Waals surface area contributed by atoms with Crippen LogP contribution in [0, 0.1) is 10.8 Å². The van der Waals surface area contributed by atoms with Crippen molar-refractivity contribution < 1.29 is 44.7 Å². The smallest absolute Gasteiger partial charge is 0.312 e. The van der Waals surface area contributed by atoms with Gasteiger partial charge in [-0.25, -0.2) is 0 Å². The molecule has 296 valence electrons. The van der Waals surface area contributed by atoms with Gasteiger partial charge in [0.1, 0.15) is 6.61 Å². The second-order valence-corrected chi connectivity index (χ2v) is 15.2. The highest BCUT2D eigenvalue weighted by Crippen LogP contribution is 2.39. The first-order valence-corrected chi connectivity index (χ1v) is 20.6. The number of unbranched alkanes of at least 4 members (excludes halogenated alkanes) is 23. The number of carbonyl (C=O) groups is 3. The predicted molar refractivity (Wildman–Crippen MR) is 201 cm³/mol. The highest BCUT2D eigenvalue weighted by Gasteiger charge is 2.40. The largest absolute Gasteiger partial charge is 0.481 e. The van der Waals surface area contributed by atoms with Gasteiger partial charge in [0, 0.05) is 12.8 Å². The summed E-state index contributed by atoms with van der Waals surface area (Å²) in [6.45, 7) is 0.568. The van der Waals surface area contributed by atoms with Gasteiger partial charge in [-0.05, 0) is 32.1 Å². The molecule has 0 aromatic heterocycles. The Morgan fingerprint density at radius 1 is 0.440 bits per heavy atom. The van der Waals surface area contributed by atoms with Gasteiger partial charge >= 0.3 is 17.9 Å². The predicted octanol–water partition coefficient (Wildman–Crippen LogP) is 9.76. The average molecular weight is 715 g/mol. The topological polar surface area (TPSA) is 162 Å². The summed E-state index contributed by atoms with van der Waals surface area (Å²) in [6, 6.07) is 0. The number of carboxylic acids is 2. The third-order valence-electron chi connectivity index (χ3n) is 10.5. The quantitative estimate of drug-likeness (QED) is 0.0308. The molecule has 0 aliphatic heterocycles. The summed E-state index contributed by atoms with van der Waals surface area (Å²) < 4.78 is 5.85. The molecule has 0 rings (SSSR count). The Bertz CT molecular complexity index is 806. The van der Waals surface area contributed by atoms with Crippen molar-refractivity contribution in [2.75, 3.05) is 26.4 Å². The van der Waals surface area contributed by atoms with Crippen molar-refractivity contribution >= 4 is 17.9 Å². The van der Waals surface area contributed by atoms with E-state index in [4.69, 9.17) is 14.9 Å². The van der Waals surface area contributed by atoms with Crippen molar-refractivity contribution in [2.45, 2.75) is 206 Å². The van der Waals surface area contributed by atoms with Gasteiger partial charge in [0.2, 0.25) is 0 Å². The fourth-order valence-corrected chi connectivity index (χ4v) is 6.89. The highest BCUT2D eigenvalue weighted by atomic mass is 16.5. The summed E-state index contributed by atoms with van der Waals surface area (Å²) in [5.74, 6) is -1.82. The van der Waals surface area contributed by atoms with E-state index in [0.29, 0.717) is 25.7 Å². The maximum absolute atomic E-state index is 14.0. The molecule has 0 aliphatic carbocycles. The Labute approximate surface area is 305 Å². The van der Waals surface area contributed by atoms with Gasteiger partial charge in [-0.2, -0.15) is 0 Å². The van der Waals surface area contributed by atoms with Crippen LogP contribution < -0.4 is 0 Å². The molecule has 0 spiro atoms. The van der Waals surface area contributed by atoms with Crippen LogP contribution in [0.2, 0.25) is 0 Å². The number of hydrogen-bond acceptors (Lipinski definition) is 7. The van der Waals surface area contributed by atoms with Crippen LogP contribution in [0.4, 0.5) is 0 Å². The van der Waals surface area contributed by atoms with E-state index in [-0.39, 0.29) is 25.4 Å². The number of hydrogen-bond donors (Lipinski definition) is 5. The monoisotopic (exact) mass is 715 g/mol.